The highest BCUT2D eigenvalue weighted by Gasteiger charge is 2.15. The Morgan fingerprint density at radius 2 is 1.90 bits per heavy atom. The van der Waals surface area contributed by atoms with Gasteiger partial charge in [-0.2, -0.15) is 0 Å². The van der Waals surface area contributed by atoms with E-state index in [9.17, 15) is 19.7 Å². The summed E-state index contributed by atoms with van der Waals surface area (Å²) in [6.45, 7) is 3.24. The van der Waals surface area contributed by atoms with Crippen LogP contribution < -0.4 is 10.1 Å². The van der Waals surface area contributed by atoms with Gasteiger partial charge in [-0.15, -0.1) is 0 Å². The van der Waals surface area contributed by atoms with Gasteiger partial charge >= 0.3 is 5.97 Å². The summed E-state index contributed by atoms with van der Waals surface area (Å²) in [4.78, 5) is 43.0. The lowest BCUT2D eigenvalue weighted by atomic mass is 10.1. The number of non-ortho nitro benzene ring substituents is 1. The van der Waals surface area contributed by atoms with Crippen molar-refractivity contribution in [1.82, 2.24) is 9.97 Å². The summed E-state index contributed by atoms with van der Waals surface area (Å²) in [5, 5.41) is 14.0. The molecule has 1 N–H and O–H groups in total. The highest BCUT2D eigenvalue weighted by Crippen LogP contribution is 2.28. The Balaban J connectivity index is 1.88. The third-order valence-electron chi connectivity index (χ3n) is 4.20. The van der Waals surface area contributed by atoms with Gasteiger partial charge in [0.05, 0.1) is 23.8 Å². The summed E-state index contributed by atoms with van der Waals surface area (Å²) in [7, 11) is 1.33. The molecule has 160 valence electrons. The van der Waals surface area contributed by atoms with E-state index in [-0.39, 0.29) is 23.5 Å². The van der Waals surface area contributed by atoms with Crippen LogP contribution in [0.1, 0.15) is 23.4 Å². The number of nitrogens with one attached hydrogen (secondary N) is 1. The van der Waals surface area contributed by atoms with Gasteiger partial charge in [0.25, 0.3) is 11.6 Å². The molecular weight excluding hydrogens is 412 g/mol. The summed E-state index contributed by atoms with van der Waals surface area (Å²) >= 11 is 1.45. The molecule has 0 aliphatic heterocycles. The number of aryl methyl sites for hydroxylation is 2. The Morgan fingerprint density at radius 1 is 1.23 bits per heavy atom. The number of carbonyl (C=O) groups excluding carboxylic acids is 2. The van der Waals surface area contributed by atoms with Gasteiger partial charge in [0, 0.05) is 23.9 Å². The number of nitro benzene ring substituents is 1. The zero-order valence-corrected chi connectivity index (χ0v) is 17.9. The molecule has 1 amide bonds. The average Bonchev–Trinajstić information content (AvgIpc) is 2.71. The number of nitrogens with zero attached hydrogens (tertiary/aromatic N) is 3. The van der Waals surface area contributed by atoms with Crippen LogP contribution in [0.5, 0.6) is 5.75 Å². The van der Waals surface area contributed by atoms with E-state index in [1.54, 1.807) is 0 Å². The molecule has 1 aromatic carbocycles. The molecule has 0 atom stereocenters. The Kier molecular flexibility index (Phi) is 8.10. The predicted molar refractivity (Wildman–Crippen MR) is 111 cm³/mol. The molecule has 0 radical (unpaired) electrons. The molecule has 1 aromatic heterocycles. The lowest BCUT2D eigenvalue weighted by molar-refractivity contribution is -0.384. The number of amides is 1. The standard InChI is InChI=1S/C19H22N4O6S/c1-11-14(12(2)21-19(20-11)30-4)6-8-18(25)29-10-17(24)22-15-7-5-13(23(26)27)9-16(15)28-3/h5,7,9H,6,8,10H2,1-4H3,(H,22,24). The number of hydrogen-bond donors (Lipinski definition) is 1. The van der Waals surface area contributed by atoms with E-state index in [4.69, 9.17) is 9.47 Å². The van der Waals surface area contributed by atoms with Crippen molar-refractivity contribution in [2.24, 2.45) is 0 Å². The number of hydrogen-bond acceptors (Lipinski definition) is 9. The fraction of sp³-hybridized carbons (Fsp3) is 0.368. The Labute approximate surface area is 177 Å². The maximum atomic E-state index is 12.1. The summed E-state index contributed by atoms with van der Waals surface area (Å²) in [5.41, 5.74) is 2.56. The van der Waals surface area contributed by atoms with Gasteiger partial charge in [-0.3, -0.25) is 19.7 Å². The average molecular weight is 434 g/mol. The molecule has 0 spiro atoms. The fourth-order valence-corrected chi connectivity index (χ4v) is 3.15. The van der Waals surface area contributed by atoms with Crippen molar-refractivity contribution in [3.05, 3.63) is 45.3 Å². The third-order valence-corrected chi connectivity index (χ3v) is 4.74. The largest absolute Gasteiger partial charge is 0.494 e. The number of thioether (sulfide) groups is 1. The van der Waals surface area contributed by atoms with E-state index in [0.29, 0.717) is 11.6 Å². The summed E-state index contributed by atoms with van der Waals surface area (Å²) in [6.07, 6.45) is 2.38. The van der Waals surface area contributed by atoms with Crippen molar-refractivity contribution in [3.63, 3.8) is 0 Å². The number of anilines is 1. The number of rotatable bonds is 9. The monoisotopic (exact) mass is 434 g/mol. The molecule has 1 heterocycles. The number of nitro groups is 1. The normalized spacial score (nSPS) is 10.4. The Bertz CT molecular complexity index is 943. The molecule has 0 saturated heterocycles. The minimum Gasteiger partial charge on any atom is -0.494 e. The molecule has 0 saturated carbocycles. The molecule has 11 heteroatoms. The topological polar surface area (TPSA) is 134 Å². The number of carbonyl (C=O) groups is 2. The van der Waals surface area contributed by atoms with Gasteiger partial charge in [-0.1, -0.05) is 11.8 Å². The first-order valence-electron chi connectivity index (χ1n) is 8.91. The summed E-state index contributed by atoms with van der Waals surface area (Å²) in [6, 6.07) is 3.77. The number of esters is 1. The van der Waals surface area contributed by atoms with Gasteiger partial charge in [-0.05, 0) is 38.2 Å². The lowest BCUT2D eigenvalue weighted by Gasteiger charge is -2.11. The minimum absolute atomic E-state index is 0.0811. The summed E-state index contributed by atoms with van der Waals surface area (Å²) in [5.74, 6) is -0.993. The number of benzene rings is 1. The maximum absolute atomic E-state index is 12.1. The number of aromatic nitrogens is 2. The molecular formula is C19H22N4O6S. The molecule has 0 aliphatic carbocycles. The van der Waals surface area contributed by atoms with Crippen molar-refractivity contribution >= 4 is 35.0 Å². The van der Waals surface area contributed by atoms with E-state index in [2.05, 4.69) is 15.3 Å². The van der Waals surface area contributed by atoms with Crippen LogP contribution in [0.2, 0.25) is 0 Å². The van der Waals surface area contributed by atoms with Crippen LogP contribution in [-0.2, 0) is 20.7 Å². The second-order valence-corrected chi connectivity index (χ2v) is 6.98. The first-order valence-corrected chi connectivity index (χ1v) is 10.1. The first-order chi connectivity index (χ1) is 14.2. The molecule has 10 nitrogen and oxygen atoms in total. The zero-order chi connectivity index (χ0) is 22.3. The molecule has 2 aromatic rings. The molecule has 0 bridgehead atoms. The highest BCUT2D eigenvalue weighted by atomic mass is 32.2. The van der Waals surface area contributed by atoms with E-state index in [1.807, 2.05) is 20.1 Å². The van der Waals surface area contributed by atoms with Crippen LogP contribution in [-0.4, -0.2) is 46.7 Å². The predicted octanol–water partition coefficient (Wildman–Crippen LogP) is 2.85. The molecule has 30 heavy (non-hydrogen) atoms. The van der Waals surface area contributed by atoms with Gasteiger partial charge in [0.1, 0.15) is 5.75 Å². The van der Waals surface area contributed by atoms with Gasteiger partial charge in [0.15, 0.2) is 11.8 Å². The summed E-state index contributed by atoms with van der Waals surface area (Å²) < 4.78 is 10.1. The van der Waals surface area contributed by atoms with Crippen LogP contribution >= 0.6 is 11.8 Å². The SMILES string of the molecule is COc1cc([N+](=O)[O-])ccc1NC(=O)COC(=O)CCc1c(C)nc(SC)nc1C. The van der Waals surface area contributed by atoms with Crippen molar-refractivity contribution in [1.29, 1.82) is 0 Å². The van der Waals surface area contributed by atoms with Crippen LogP contribution in [0.3, 0.4) is 0 Å². The zero-order valence-electron chi connectivity index (χ0n) is 17.1. The van der Waals surface area contributed by atoms with Crippen molar-refractivity contribution in [2.75, 3.05) is 25.3 Å². The van der Waals surface area contributed by atoms with Crippen LogP contribution in [0.4, 0.5) is 11.4 Å². The molecule has 2 rings (SSSR count). The smallest absolute Gasteiger partial charge is 0.306 e. The van der Waals surface area contributed by atoms with E-state index in [0.717, 1.165) is 17.0 Å². The van der Waals surface area contributed by atoms with E-state index < -0.39 is 23.4 Å². The molecule has 0 fully saturated rings. The maximum Gasteiger partial charge on any atom is 0.306 e. The van der Waals surface area contributed by atoms with E-state index >= 15 is 0 Å². The van der Waals surface area contributed by atoms with Crippen LogP contribution in [0.25, 0.3) is 0 Å². The second kappa shape index (κ2) is 10.5. The minimum atomic E-state index is -0.587. The van der Waals surface area contributed by atoms with E-state index in [1.165, 1.54) is 37.1 Å². The van der Waals surface area contributed by atoms with Gasteiger partial charge in [0.2, 0.25) is 0 Å². The molecule has 0 aliphatic rings. The Morgan fingerprint density at radius 3 is 2.47 bits per heavy atom. The van der Waals surface area contributed by atoms with Crippen molar-refractivity contribution in [2.45, 2.75) is 31.8 Å². The molecule has 0 unspecified atom stereocenters. The first kappa shape index (κ1) is 23.1. The lowest BCUT2D eigenvalue weighted by Crippen LogP contribution is -2.21. The van der Waals surface area contributed by atoms with Crippen molar-refractivity contribution in [3.8, 4) is 5.75 Å². The van der Waals surface area contributed by atoms with Gasteiger partial charge in [-0.25, -0.2) is 9.97 Å². The van der Waals surface area contributed by atoms with Crippen molar-refractivity contribution < 1.29 is 24.0 Å². The fourth-order valence-electron chi connectivity index (χ4n) is 2.69. The highest BCUT2D eigenvalue weighted by molar-refractivity contribution is 7.98. The Hall–Kier alpha value is -3.21. The van der Waals surface area contributed by atoms with Crippen LogP contribution in [0, 0.1) is 24.0 Å². The number of methoxy groups -OCH3 is 1. The number of ether oxygens (including phenoxy) is 2. The van der Waals surface area contributed by atoms with Gasteiger partial charge < -0.3 is 14.8 Å². The quantitative estimate of drug-likeness (QED) is 0.208. The second-order valence-electron chi connectivity index (χ2n) is 6.21. The third kappa shape index (κ3) is 6.14. The van der Waals surface area contributed by atoms with Crippen LogP contribution in [0.15, 0.2) is 23.4 Å².